The van der Waals surface area contributed by atoms with Crippen molar-refractivity contribution in [3.05, 3.63) is 36.0 Å². The van der Waals surface area contributed by atoms with E-state index in [0.717, 1.165) is 12.1 Å². The van der Waals surface area contributed by atoms with Crippen molar-refractivity contribution in [3.8, 4) is 0 Å². The van der Waals surface area contributed by atoms with Gasteiger partial charge in [0.25, 0.3) is 0 Å². The zero-order valence-corrected chi connectivity index (χ0v) is 13.6. The van der Waals surface area contributed by atoms with E-state index < -0.39 is 19.7 Å². The molecule has 0 atom stereocenters. The highest BCUT2D eigenvalue weighted by Crippen LogP contribution is 2.24. The van der Waals surface area contributed by atoms with Crippen molar-refractivity contribution >= 4 is 25.1 Å². The van der Waals surface area contributed by atoms with E-state index in [9.17, 15) is 8.78 Å². The summed E-state index contributed by atoms with van der Waals surface area (Å²) in [5.41, 5.74) is 0.784. The Morgan fingerprint density at radius 3 is 2.67 bits per heavy atom. The van der Waals surface area contributed by atoms with E-state index in [1.165, 1.54) is 16.8 Å². The molecule has 0 unspecified atom stereocenters. The summed E-state index contributed by atoms with van der Waals surface area (Å²) in [5, 5.41) is 4.50. The van der Waals surface area contributed by atoms with Gasteiger partial charge in [0.2, 0.25) is 0 Å². The molecule has 3 nitrogen and oxygen atoms in total. The van der Waals surface area contributed by atoms with Gasteiger partial charge in [-0.25, -0.2) is 13.5 Å². The van der Waals surface area contributed by atoms with Gasteiger partial charge in [0.05, 0.1) is 16.6 Å². The zero-order chi connectivity index (χ0) is 15.6. The number of hydrogen-bond acceptors (Lipinski definition) is 2. The van der Waals surface area contributed by atoms with E-state index in [-0.39, 0.29) is 12.1 Å². The fraction of sp³-hybridized carbons (Fsp3) is 0.400. The third-order valence-electron chi connectivity index (χ3n) is 3.20. The minimum Gasteiger partial charge on any atom is -0.360 e. The molecule has 1 heterocycles. The summed E-state index contributed by atoms with van der Waals surface area (Å²) in [4.78, 5) is 0. The van der Waals surface area contributed by atoms with Gasteiger partial charge in [0, 0.05) is 26.8 Å². The van der Waals surface area contributed by atoms with E-state index in [0.29, 0.717) is 17.8 Å². The highest BCUT2D eigenvalue weighted by molar-refractivity contribution is 6.76. The molecular weight excluding hydrogens is 290 g/mol. The second-order valence-corrected chi connectivity index (χ2v) is 11.8. The van der Waals surface area contributed by atoms with Gasteiger partial charge < -0.3 is 4.74 Å². The van der Waals surface area contributed by atoms with Gasteiger partial charge in [0.15, 0.2) is 0 Å². The van der Waals surface area contributed by atoms with Crippen LogP contribution in [-0.2, 0) is 11.5 Å². The summed E-state index contributed by atoms with van der Waals surface area (Å²) in [5.74, 6) is -1.26. The largest absolute Gasteiger partial charge is 0.360 e. The summed E-state index contributed by atoms with van der Waals surface area (Å²) in [6, 6.07) is 3.15. The van der Waals surface area contributed by atoms with Crippen molar-refractivity contribution < 1.29 is 13.5 Å². The summed E-state index contributed by atoms with van der Waals surface area (Å²) < 4.78 is 34.3. The Morgan fingerprint density at radius 2 is 2.05 bits per heavy atom. The van der Waals surface area contributed by atoms with Crippen molar-refractivity contribution in [2.75, 3.05) is 6.61 Å². The van der Waals surface area contributed by atoms with Crippen LogP contribution in [0.25, 0.3) is 17.0 Å². The van der Waals surface area contributed by atoms with E-state index in [4.69, 9.17) is 4.74 Å². The summed E-state index contributed by atoms with van der Waals surface area (Å²) in [6.45, 7) is 11.2. The van der Waals surface area contributed by atoms with Gasteiger partial charge in [-0.15, -0.1) is 0 Å². The number of ether oxygens (including phenoxy) is 1. The molecule has 114 valence electrons. The molecule has 6 heteroatoms. The van der Waals surface area contributed by atoms with Crippen LogP contribution in [0.2, 0.25) is 25.7 Å². The van der Waals surface area contributed by atoms with Crippen molar-refractivity contribution in [1.82, 2.24) is 9.78 Å². The van der Waals surface area contributed by atoms with Crippen LogP contribution < -0.4 is 0 Å². The Balaban J connectivity index is 2.22. The van der Waals surface area contributed by atoms with Gasteiger partial charge in [-0.3, -0.25) is 0 Å². The molecule has 1 aromatic heterocycles. The van der Waals surface area contributed by atoms with Gasteiger partial charge in [0.1, 0.15) is 18.4 Å². The third-order valence-corrected chi connectivity index (χ3v) is 4.90. The quantitative estimate of drug-likeness (QED) is 0.588. The molecule has 0 N–H and O–H groups in total. The van der Waals surface area contributed by atoms with Crippen LogP contribution >= 0.6 is 0 Å². The number of hydrogen-bond donors (Lipinski definition) is 0. The molecule has 0 saturated heterocycles. The Morgan fingerprint density at radius 1 is 1.33 bits per heavy atom. The average molecular weight is 310 g/mol. The van der Waals surface area contributed by atoms with Gasteiger partial charge in [-0.05, 0) is 12.1 Å². The maximum atomic E-state index is 13.9. The highest BCUT2D eigenvalue weighted by Gasteiger charge is 2.15. The SMILES string of the molecule is C=Cc1nn(COCC[Si](C)(C)C)c2cc(F)cc(F)c12. The summed E-state index contributed by atoms with van der Waals surface area (Å²) in [6.07, 6.45) is 1.46. The number of fused-ring (bicyclic) bond motifs is 1. The number of benzene rings is 1. The van der Waals surface area contributed by atoms with E-state index in [2.05, 4.69) is 31.3 Å². The van der Waals surface area contributed by atoms with Crippen LogP contribution in [0, 0.1) is 11.6 Å². The topological polar surface area (TPSA) is 27.1 Å². The zero-order valence-electron chi connectivity index (χ0n) is 12.6. The molecule has 1 aromatic carbocycles. The molecule has 0 aliphatic rings. The molecule has 0 saturated carbocycles. The van der Waals surface area contributed by atoms with Crippen LogP contribution in [0.3, 0.4) is 0 Å². The Labute approximate surface area is 124 Å². The molecule has 2 rings (SSSR count). The van der Waals surface area contributed by atoms with Crippen LogP contribution in [0.15, 0.2) is 18.7 Å². The van der Waals surface area contributed by atoms with Gasteiger partial charge >= 0.3 is 0 Å². The second-order valence-electron chi connectivity index (χ2n) is 6.22. The Hall–Kier alpha value is -1.53. The molecule has 0 amide bonds. The molecule has 0 aliphatic heterocycles. The normalized spacial score (nSPS) is 12.0. The molecule has 0 fully saturated rings. The molecule has 0 spiro atoms. The monoisotopic (exact) mass is 310 g/mol. The predicted octanol–water partition coefficient (Wildman–Crippen LogP) is 4.27. The fourth-order valence-electron chi connectivity index (χ4n) is 2.02. The van der Waals surface area contributed by atoms with Crippen LogP contribution in [-0.4, -0.2) is 24.5 Å². The molecule has 21 heavy (non-hydrogen) atoms. The maximum Gasteiger partial charge on any atom is 0.140 e. The Kier molecular flexibility index (Phi) is 4.58. The number of aromatic nitrogens is 2. The second kappa shape index (κ2) is 6.07. The fourth-order valence-corrected chi connectivity index (χ4v) is 2.78. The van der Waals surface area contributed by atoms with Crippen LogP contribution in [0.5, 0.6) is 0 Å². The first kappa shape index (κ1) is 15.8. The first-order valence-corrected chi connectivity index (χ1v) is 10.6. The number of nitrogens with zero attached hydrogens (tertiary/aromatic N) is 2. The lowest BCUT2D eigenvalue weighted by molar-refractivity contribution is 0.0816. The van der Waals surface area contributed by atoms with Gasteiger partial charge in [-0.1, -0.05) is 26.2 Å². The molecule has 0 radical (unpaired) electrons. The Bertz CT molecular complexity index is 662. The van der Waals surface area contributed by atoms with Crippen molar-refractivity contribution in [2.45, 2.75) is 32.4 Å². The van der Waals surface area contributed by atoms with Crippen LogP contribution in [0.1, 0.15) is 5.69 Å². The van der Waals surface area contributed by atoms with Crippen molar-refractivity contribution in [2.24, 2.45) is 0 Å². The van der Waals surface area contributed by atoms with E-state index >= 15 is 0 Å². The van der Waals surface area contributed by atoms with Crippen LogP contribution in [0.4, 0.5) is 8.78 Å². The van der Waals surface area contributed by atoms with E-state index in [1.54, 1.807) is 0 Å². The first-order valence-electron chi connectivity index (χ1n) is 6.87. The minimum absolute atomic E-state index is 0.178. The summed E-state index contributed by atoms with van der Waals surface area (Å²) >= 11 is 0. The minimum atomic E-state index is -1.16. The maximum absolute atomic E-state index is 13.9. The van der Waals surface area contributed by atoms with Crippen molar-refractivity contribution in [1.29, 1.82) is 0 Å². The standard InChI is InChI=1S/C15H20F2N2OSi/c1-5-13-15-12(17)8-11(16)9-14(15)19(18-13)10-20-6-7-21(2,3)4/h5,8-9H,1,6-7,10H2,2-4H3. The average Bonchev–Trinajstić information content (AvgIpc) is 2.72. The third kappa shape index (κ3) is 3.77. The first-order chi connectivity index (χ1) is 9.81. The molecular formula is C15H20F2N2OSi. The molecule has 0 aliphatic carbocycles. The number of rotatable bonds is 6. The number of halogens is 2. The van der Waals surface area contributed by atoms with Crippen molar-refractivity contribution in [3.63, 3.8) is 0 Å². The highest BCUT2D eigenvalue weighted by atomic mass is 28.3. The lowest BCUT2D eigenvalue weighted by Crippen LogP contribution is -2.22. The molecule has 2 aromatic rings. The van der Waals surface area contributed by atoms with Gasteiger partial charge in [-0.2, -0.15) is 5.10 Å². The predicted molar refractivity (Wildman–Crippen MR) is 83.8 cm³/mol. The van der Waals surface area contributed by atoms with E-state index in [1.807, 2.05) is 0 Å². The lowest BCUT2D eigenvalue weighted by atomic mass is 10.2. The lowest BCUT2D eigenvalue weighted by Gasteiger charge is -2.15. The molecule has 0 bridgehead atoms. The smallest absolute Gasteiger partial charge is 0.140 e. The summed E-state index contributed by atoms with van der Waals surface area (Å²) in [7, 11) is -1.16.